The van der Waals surface area contributed by atoms with Crippen LogP contribution in [0.3, 0.4) is 0 Å². The normalized spacial score (nSPS) is 12.0. The van der Waals surface area contributed by atoms with Gasteiger partial charge in [-0.2, -0.15) is 0 Å². The van der Waals surface area contributed by atoms with Crippen LogP contribution in [0.1, 0.15) is 27.8 Å². The molecule has 0 aliphatic rings. The van der Waals surface area contributed by atoms with Gasteiger partial charge in [0.2, 0.25) is 11.9 Å². The summed E-state index contributed by atoms with van der Waals surface area (Å²) in [5.41, 5.74) is 1.93. The van der Waals surface area contributed by atoms with Gasteiger partial charge >= 0.3 is 5.97 Å². The van der Waals surface area contributed by atoms with Crippen molar-refractivity contribution in [1.82, 2.24) is 4.90 Å². The molecule has 5 nitrogen and oxygen atoms in total. The highest BCUT2D eigenvalue weighted by molar-refractivity contribution is 5.97. The maximum Gasteiger partial charge on any atom is 0.375 e. The first kappa shape index (κ1) is 16.8. The maximum atomic E-state index is 12.7. The van der Waals surface area contributed by atoms with Gasteiger partial charge in [-0.25, -0.2) is 4.79 Å². The molecule has 1 heterocycles. The number of benzene rings is 2. The van der Waals surface area contributed by atoms with E-state index in [1.165, 1.54) is 4.90 Å². The van der Waals surface area contributed by atoms with Crippen molar-refractivity contribution in [3.8, 4) is 0 Å². The lowest BCUT2D eigenvalue weighted by atomic mass is 10.1. The SMILES string of the molecule is Cc1c(C(=O)OC(C(=O)N(C)C)c2ccccc2)oc2ccccc12. The number of rotatable bonds is 4. The molecule has 0 aliphatic heterocycles. The molecule has 0 saturated carbocycles. The predicted molar refractivity (Wildman–Crippen MR) is 94.2 cm³/mol. The molecule has 0 radical (unpaired) electrons. The number of aryl methyl sites for hydroxylation is 1. The lowest BCUT2D eigenvalue weighted by Gasteiger charge is -2.20. The standard InChI is InChI=1S/C20H19NO4/c1-13-15-11-7-8-12-16(15)24-17(13)20(23)25-18(19(22)21(2)3)14-9-5-4-6-10-14/h4-12,18H,1-3H3. The van der Waals surface area contributed by atoms with Crippen LogP contribution in [0.2, 0.25) is 0 Å². The Balaban J connectivity index is 1.94. The number of para-hydroxylation sites is 1. The van der Waals surface area contributed by atoms with E-state index in [1.807, 2.05) is 24.3 Å². The van der Waals surface area contributed by atoms with E-state index in [9.17, 15) is 9.59 Å². The Morgan fingerprint density at radius 3 is 2.28 bits per heavy atom. The van der Waals surface area contributed by atoms with E-state index < -0.39 is 12.1 Å². The summed E-state index contributed by atoms with van der Waals surface area (Å²) in [4.78, 5) is 26.5. The van der Waals surface area contributed by atoms with Gasteiger partial charge in [0, 0.05) is 30.6 Å². The van der Waals surface area contributed by atoms with E-state index >= 15 is 0 Å². The number of carbonyl (C=O) groups is 2. The minimum absolute atomic E-state index is 0.119. The molecule has 3 rings (SSSR count). The number of ether oxygens (including phenoxy) is 1. The highest BCUT2D eigenvalue weighted by atomic mass is 16.6. The average Bonchev–Trinajstić information content (AvgIpc) is 2.97. The van der Waals surface area contributed by atoms with E-state index in [2.05, 4.69) is 0 Å². The molecule has 2 aromatic carbocycles. The number of likely N-dealkylation sites (N-methyl/N-ethyl adjacent to an activating group) is 1. The zero-order chi connectivity index (χ0) is 18.0. The number of amides is 1. The molecule has 1 aromatic heterocycles. The number of esters is 1. The summed E-state index contributed by atoms with van der Waals surface area (Å²) in [5, 5.41) is 0.852. The molecule has 25 heavy (non-hydrogen) atoms. The summed E-state index contributed by atoms with van der Waals surface area (Å²) in [6, 6.07) is 16.3. The van der Waals surface area contributed by atoms with Crippen LogP contribution in [0.15, 0.2) is 59.0 Å². The van der Waals surface area contributed by atoms with E-state index in [0.29, 0.717) is 16.7 Å². The van der Waals surface area contributed by atoms with Crippen molar-refractivity contribution in [3.05, 3.63) is 71.5 Å². The first-order chi connectivity index (χ1) is 12.0. The molecule has 0 fully saturated rings. The fraction of sp³-hybridized carbons (Fsp3) is 0.200. The third kappa shape index (κ3) is 3.26. The van der Waals surface area contributed by atoms with Gasteiger partial charge in [-0.1, -0.05) is 48.5 Å². The van der Waals surface area contributed by atoms with Crippen molar-refractivity contribution < 1.29 is 18.7 Å². The molecule has 0 saturated heterocycles. The van der Waals surface area contributed by atoms with Gasteiger partial charge in [-0.15, -0.1) is 0 Å². The topological polar surface area (TPSA) is 59.8 Å². The second kappa shape index (κ2) is 6.81. The molecule has 1 amide bonds. The largest absolute Gasteiger partial charge is 0.449 e. The van der Waals surface area contributed by atoms with Gasteiger partial charge in [-0.3, -0.25) is 4.79 Å². The Morgan fingerprint density at radius 1 is 1.00 bits per heavy atom. The highest BCUT2D eigenvalue weighted by Gasteiger charge is 2.29. The summed E-state index contributed by atoms with van der Waals surface area (Å²) in [6.07, 6.45) is -1.02. The van der Waals surface area contributed by atoms with Gasteiger partial charge in [0.15, 0.2) is 0 Å². The lowest BCUT2D eigenvalue weighted by molar-refractivity contribution is -0.138. The molecule has 0 spiro atoms. The summed E-state index contributed by atoms with van der Waals surface area (Å²) in [5.74, 6) is -0.847. The molecule has 0 bridgehead atoms. The molecular weight excluding hydrogens is 318 g/mol. The Labute approximate surface area is 145 Å². The van der Waals surface area contributed by atoms with Crippen LogP contribution in [0, 0.1) is 6.92 Å². The Hall–Kier alpha value is -3.08. The second-order valence-corrected chi connectivity index (χ2v) is 5.98. The first-order valence-corrected chi connectivity index (χ1v) is 7.94. The molecule has 0 aliphatic carbocycles. The monoisotopic (exact) mass is 337 g/mol. The maximum absolute atomic E-state index is 12.7. The van der Waals surface area contributed by atoms with E-state index in [-0.39, 0.29) is 11.7 Å². The quantitative estimate of drug-likeness (QED) is 0.681. The fourth-order valence-corrected chi connectivity index (χ4v) is 2.65. The zero-order valence-electron chi connectivity index (χ0n) is 14.4. The molecule has 3 aromatic rings. The fourth-order valence-electron chi connectivity index (χ4n) is 2.65. The minimum atomic E-state index is -1.02. The van der Waals surface area contributed by atoms with Gasteiger partial charge in [0.05, 0.1) is 0 Å². The summed E-state index contributed by atoms with van der Waals surface area (Å²) < 4.78 is 11.2. The first-order valence-electron chi connectivity index (χ1n) is 7.94. The van der Waals surface area contributed by atoms with Crippen molar-refractivity contribution in [2.45, 2.75) is 13.0 Å². The van der Waals surface area contributed by atoms with Crippen molar-refractivity contribution in [3.63, 3.8) is 0 Å². The number of fused-ring (bicyclic) bond motifs is 1. The Bertz CT molecular complexity index is 912. The number of furan rings is 1. The van der Waals surface area contributed by atoms with Crippen LogP contribution in [0.5, 0.6) is 0 Å². The van der Waals surface area contributed by atoms with Gasteiger partial charge in [0.25, 0.3) is 5.91 Å². The average molecular weight is 337 g/mol. The van der Waals surface area contributed by atoms with Crippen molar-refractivity contribution >= 4 is 22.8 Å². The molecular formula is C20H19NO4. The lowest BCUT2D eigenvalue weighted by Crippen LogP contribution is -2.31. The minimum Gasteiger partial charge on any atom is -0.449 e. The number of hydrogen-bond acceptors (Lipinski definition) is 4. The predicted octanol–water partition coefficient (Wildman–Crippen LogP) is 3.73. The van der Waals surface area contributed by atoms with Crippen LogP contribution in [0.4, 0.5) is 0 Å². The number of nitrogens with zero attached hydrogens (tertiary/aromatic N) is 1. The van der Waals surface area contributed by atoms with Crippen LogP contribution < -0.4 is 0 Å². The van der Waals surface area contributed by atoms with Gasteiger partial charge < -0.3 is 14.1 Å². The summed E-state index contributed by atoms with van der Waals surface area (Å²) in [7, 11) is 3.25. The smallest absolute Gasteiger partial charge is 0.375 e. The van der Waals surface area contributed by atoms with Crippen LogP contribution in [0.25, 0.3) is 11.0 Å². The van der Waals surface area contributed by atoms with Gasteiger partial charge in [-0.05, 0) is 13.0 Å². The molecule has 1 unspecified atom stereocenters. The molecule has 5 heteroatoms. The van der Waals surface area contributed by atoms with Crippen molar-refractivity contribution in [2.24, 2.45) is 0 Å². The molecule has 0 N–H and O–H groups in total. The van der Waals surface area contributed by atoms with E-state index in [1.54, 1.807) is 51.4 Å². The highest BCUT2D eigenvalue weighted by Crippen LogP contribution is 2.28. The second-order valence-electron chi connectivity index (χ2n) is 5.98. The van der Waals surface area contributed by atoms with Crippen molar-refractivity contribution in [2.75, 3.05) is 14.1 Å². The summed E-state index contributed by atoms with van der Waals surface area (Å²) >= 11 is 0. The third-order valence-electron chi connectivity index (χ3n) is 4.02. The molecule has 1 atom stereocenters. The van der Waals surface area contributed by atoms with E-state index in [0.717, 1.165) is 5.39 Å². The summed E-state index contributed by atoms with van der Waals surface area (Å²) in [6.45, 7) is 1.80. The number of carbonyl (C=O) groups excluding carboxylic acids is 2. The third-order valence-corrected chi connectivity index (χ3v) is 4.02. The van der Waals surface area contributed by atoms with Crippen molar-refractivity contribution in [1.29, 1.82) is 0 Å². The van der Waals surface area contributed by atoms with Crippen LogP contribution in [-0.4, -0.2) is 30.9 Å². The van der Waals surface area contributed by atoms with Gasteiger partial charge in [0.1, 0.15) is 5.58 Å². The Morgan fingerprint density at radius 2 is 1.64 bits per heavy atom. The zero-order valence-corrected chi connectivity index (χ0v) is 14.4. The molecule has 128 valence electrons. The van der Waals surface area contributed by atoms with Crippen LogP contribution in [-0.2, 0) is 9.53 Å². The van der Waals surface area contributed by atoms with Crippen LogP contribution >= 0.6 is 0 Å². The van der Waals surface area contributed by atoms with E-state index in [4.69, 9.17) is 9.15 Å². The Kier molecular flexibility index (Phi) is 4.57. The number of hydrogen-bond donors (Lipinski definition) is 0.